The van der Waals surface area contributed by atoms with E-state index in [4.69, 9.17) is 9.47 Å². The highest BCUT2D eigenvalue weighted by Gasteiger charge is 2.08. The van der Waals surface area contributed by atoms with Gasteiger partial charge in [-0.05, 0) is 29.8 Å². The summed E-state index contributed by atoms with van der Waals surface area (Å²) < 4.78 is 23.4. The summed E-state index contributed by atoms with van der Waals surface area (Å²) in [6.45, 7) is 1.43. The predicted molar refractivity (Wildman–Crippen MR) is 91.0 cm³/mol. The van der Waals surface area contributed by atoms with Crippen molar-refractivity contribution in [1.29, 1.82) is 0 Å². The van der Waals surface area contributed by atoms with Gasteiger partial charge in [-0.3, -0.25) is 9.59 Å². The molecule has 25 heavy (non-hydrogen) atoms. The Hall–Kier alpha value is -3.09. The number of methoxy groups -OCH3 is 1. The Bertz CT molecular complexity index is 764. The van der Waals surface area contributed by atoms with Gasteiger partial charge in [0.05, 0.1) is 12.8 Å². The first kappa shape index (κ1) is 18.3. The summed E-state index contributed by atoms with van der Waals surface area (Å²) in [5.41, 5.74) is 1.31. The van der Waals surface area contributed by atoms with Crippen LogP contribution in [0.1, 0.15) is 12.5 Å². The molecule has 2 amide bonds. The topological polar surface area (TPSA) is 76.7 Å². The minimum atomic E-state index is -0.429. The molecule has 2 aromatic carbocycles. The van der Waals surface area contributed by atoms with Crippen molar-refractivity contribution >= 4 is 17.5 Å². The fourth-order valence-corrected chi connectivity index (χ4v) is 2.11. The summed E-state index contributed by atoms with van der Waals surface area (Å²) in [6, 6.07) is 10.8. The van der Waals surface area contributed by atoms with E-state index in [0.29, 0.717) is 11.4 Å². The summed E-state index contributed by atoms with van der Waals surface area (Å²) >= 11 is 0. The van der Waals surface area contributed by atoms with Crippen molar-refractivity contribution in [3.63, 3.8) is 0 Å². The fourth-order valence-electron chi connectivity index (χ4n) is 2.11. The molecule has 0 aliphatic rings. The Morgan fingerprint density at radius 3 is 2.64 bits per heavy atom. The van der Waals surface area contributed by atoms with Gasteiger partial charge in [-0.25, -0.2) is 4.39 Å². The van der Waals surface area contributed by atoms with E-state index in [-0.39, 0.29) is 30.7 Å². The number of nitrogens with one attached hydrogen (secondary N) is 2. The zero-order valence-corrected chi connectivity index (χ0v) is 14.0. The van der Waals surface area contributed by atoms with Crippen LogP contribution in [-0.2, 0) is 16.1 Å². The molecule has 7 heteroatoms. The molecule has 0 atom stereocenters. The molecule has 0 spiro atoms. The molecule has 2 N–H and O–H groups in total. The van der Waals surface area contributed by atoms with Gasteiger partial charge in [-0.2, -0.15) is 0 Å². The molecule has 2 rings (SSSR count). The van der Waals surface area contributed by atoms with Crippen molar-refractivity contribution in [2.75, 3.05) is 19.0 Å². The van der Waals surface area contributed by atoms with Gasteiger partial charge < -0.3 is 20.1 Å². The van der Waals surface area contributed by atoms with Crippen molar-refractivity contribution in [3.05, 3.63) is 53.8 Å². The molecule has 0 fully saturated rings. The standard InChI is InChI=1S/C18H19FN2O4/c1-12(22)21-16-8-13(6-7-17(16)24-2)10-20-18(23)11-25-15-5-3-4-14(19)9-15/h3-9H,10-11H2,1-2H3,(H,20,23)(H,21,22). The summed E-state index contributed by atoms with van der Waals surface area (Å²) in [5.74, 6) is -0.182. The zero-order valence-electron chi connectivity index (χ0n) is 14.0. The highest BCUT2D eigenvalue weighted by molar-refractivity contribution is 5.90. The maximum atomic E-state index is 13.0. The molecule has 0 heterocycles. The molecule has 0 saturated heterocycles. The third kappa shape index (κ3) is 5.80. The number of rotatable bonds is 7. The lowest BCUT2D eigenvalue weighted by atomic mass is 10.2. The second-order valence-corrected chi connectivity index (χ2v) is 5.24. The van der Waals surface area contributed by atoms with Gasteiger partial charge in [0.15, 0.2) is 6.61 Å². The van der Waals surface area contributed by atoms with Crippen LogP contribution in [0.5, 0.6) is 11.5 Å². The van der Waals surface area contributed by atoms with Crippen molar-refractivity contribution in [1.82, 2.24) is 5.32 Å². The van der Waals surface area contributed by atoms with Gasteiger partial charge in [0.1, 0.15) is 17.3 Å². The third-order valence-corrected chi connectivity index (χ3v) is 3.23. The molecule has 0 aliphatic heterocycles. The molecule has 0 radical (unpaired) electrons. The minimum Gasteiger partial charge on any atom is -0.495 e. The van der Waals surface area contributed by atoms with E-state index in [1.165, 1.54) is 32.2 Å². The van der Waals surface area contributed by atoms with Crippen LogP contribution in [-0.4, -0.2) is 25.5 Å². The van der Waals surface area contributed by atoms with E-state index in [1.807, 2.05) is 0 Å². The molecule has 0 aromatic heterocycles. The Labute approximate surface area is 144 Å². The van der Waals surface area contributed by atoms with Crippen molar-refractivity contribution < 1.29 is 23.5 Å². The highest BCUT2D eigenvalue weighted by Crippen LogP contribution is 2.25. The van der Waals surface area contributed by atoms with E-state index < -0.39 is 5.82 Å². The normalized spacial score (nSPS) is 10.0. The Balaban J connectivity index is 1.89. The number of hydrogen-bond donors (Lipinski definition) is 2. The number of ether oxygens (including phenoxy) is 2. The largest absolute Gasteiger partial charge is 0.495 e. The van der Waals surface area contributed by atoms with Gasteiger partial charge in [0, 0.05) is 19.5 Å². The van der Waals surface area contributed by atoms with Crippen LogP contribution in [0.3, 0.4) is 0 Å². The van der Waals surface area contributed by atoms with Gasteiger partial charge >= 0.3 is 0 Å². The van der Waals surface area contributed by atoms with Crippen molar-refractivity contribution in [3.8, 4) is 11.5 Å². The van der Waals surface area contributed by atoms with Crippen LogP contribution < -0.4 is 20.1 Å². The first-order valence-electron chi connectivity index (χ1n) is 7.57. The van der Waals surface area contributed by atoms with E-state index in [9.17, 15) is 14.0 Å². The average Bonchev–Trinajstić information content (AvgIpc) is 2.58. The number of hydrogen-bond acceptors (Lipinski definition) is 4. The second-order valence-electron chi connectivity index (χ2n) is 5.24. The molecular formula is C18H19FN2O4. The quantitative estimate of drug-likeness (QED) is 0.808. The fraction of sp³-hybridized carbons (Fsp3) is 0.222. The highest BCUT2D eigenvalue weighted by atomic mass is 19.1. The van der Waals surface area contributed by atoms with Crippen LogP contribution >= 0.6 is 0 Å². The Morgan fingerprint density at radius 2 is 1.96 bits per heavy atom. The van der Waals surface area contributed by atoms with E-state index in [1.54, 1.807) is 24.3 Å². The van der Waals surface area contributed by atoms with Gasteiger partial charge in [-0.1, -0.05) is 12.1 Å². The summed E-state index contributed by atoms with van der Waals surface area (Å²) in [6.07, 6.45) is 0. The number of carbonyl (C=O) groups is 2. The maximum Gasteiger partial charge on any atom is 0.258 e. The van der Waals surface area contributed by atoms with Crippen LogP contribution in [0.25, 0.3) is 0 Å². The van der Waals surface area contributed by atoms with Gasteiger partial charge in [-0.15, -0.1) is 0 Å². The van der Waals surface area contributed by atoms with Crippen LogP contribution in [0.4, 0.5) is 10.1 Å². The predicted octanol–water partition coefficient (Wildman–Crippen LogP) is 2.49. The molecule has 0 unspecified atom stereocenters. The lowest BCUT2D eigenvalue weighted by Gasteiger charge is -2.12. The molecule has 0 aliphatic carbocycles. The molecule has 0 saturated carbocycles. The number of halogens is 1. The van der Waals surface area contributed by atoms with Gasteiger partial charge in [0.25, 0.3) is 5.91 Å². The zero-order chi connectivity index (χ0) is 18.2. The lowest BCUT2D eigenvalue weighted by molar-refractivity contribution is -0.123. The first-order valence-corrected chi connectivity index (χ1v) is 7.57. The molecular weight excluding hydrogens is 327 g/mol. The Morgan fingerprint density at radius 1 is 1.16 bits per heavy atom. The van der Waals surface area contributed by atoms with Crippen LogP contribution in [0.15, 0.2) is 42.5 Å². The summed E-state index contributed by atoms with van der Waals surface area (Å²) in [7, 11) is 1.51. The van der Waals surface area contributed by atoms with Crippen LogP contribution in [0, 0.1) is 5.82 Å². The number of benzene rings is 2. The smallest absolute Gasteiger partial charge is 0.258 e. The van der Waals surface area contributed by atoms with Crippen LogP contribution in [0.2, 0.25) is 0 Å². The molecule has 6 nitrogen and oxygen atoms in total. The SMILES string of the molecule is COc1ccc(CNC(=O)COc2cccc(F)c2)cc1NC(C)=O. The lowest BCUT2D eigenvalue weighted by Crippen LogP contribution is -2.28. The van der Waals surface area contributed by atoms with E-state index in [0.717, 1.165) is 5.56 Å². The van der Waals surface area contributed by atoms with E-state index >= 15 is 0 Å². The van der Waals surface area contributed by atoms with E-state index in [2.05, 4.69) is 10.6 Å². The number of amides is 2. The molecule has 132 valence electrons. The summed E-state index contributed by atoms with van der Waals surface area (Å²) in [4.78, 5) is 23.1. The minimum absolute atomic E-state index is 0.219. The first-order chi connectivity index (χ1) is 12.0. The van der Waals surface area contributed by atoms with Gasteiger partial charge in [0.2, 0.25) is 5.91 Å². The van der Waals surface area contributed by atoms with Crippen molar-refractivity contribution in [2.24, 2.45) is 0 Å². The molecule has 2 aromatic rings. The number of anilines is 1. The summed E-state index contributed by atoms with van der Waals surface area (Å²) in [5, 5.41) is 5.36. The maximum absolute atomic E-state index is 13.0. The second kappa shape index (κ2) is 8.68. The Kier molecular flexibility index (Phi) is 6.33. The third-order valence-electron chi connectivity index (χ3n) is 3.23. The monoisotopic (exact) mass is 346 g/mol. The molecule has 0 bridgehead atoms. The number of carbonyl (C=O) groups excluding carboxylic acids is 2. The average molecular weight is 346 g/mol. The van der Waals surface area contributed by atoms with Crippen molar-refractivity contribution in [2.45, 2.75) is 13.5 Å².